The number of nitrogens with zero attached hydrogens (tertiary/aromatic N) is 2. The number of aromatic nitrogens is 1. The first-order chi connectivity index (χ1) is 17.3. The molecule has 2 aliphatic carbocycles. The molecule has 3 aliphatic rings. The summed E-state index contributed by atoms with van der Waals surface area (Å²) in [4.78, 5) is 18.9. The lowest BCUT2D eigenvalue weighted by Crippen LogP contribution is -2.26. The van der Waals surface area contributed by atoms with Crippen LogP contribution in [0.1, 0.15) is 55.8 Å². The van der Waals surface area contributed by atoms with Gasteiger partial charge in [-0.2, -0.15) is 13.2 Å². The molecular formula is C26H32F3N3O4. The fourth-order valence-corrected chi connectivity index (χ4v) is 5.15. The van der Waals surface area contributed by atoms with Crippen molar-refractivity contribution in [3.05, 3.63) is 23.3 Å². The van der Waals surface area contributed by atoms with Crippen LogP contribution in [0, 0.1) is 5.92 Å². The van der Waals surface area contributed by atoms with Crippen molar-refractivity contribution < 1.29 is 32.2 Å². The second kappa shape index (κ2) is 10.3. The average molecular weight is 508 g/mol. The molecule has 1 N–H and O–H groups in total. The number of rotatable bonds is 10. The maximum Gasteiger partial charge on any atom is 0.490 e. The van der Waals surface area contributed by atoms with Crippen LogP contribution in [0.4, 0.5) is 19.0 Å². The van der Waals surface area contributed by atoms with Crippen LogP contribution in [0.15, 0.2) is 12.1 Å². The summed E-state index contributed by atoms with van der Waals surface area (Å²) in [6.45, 7) is 4.51. The number of methoxy groups -OCH3 is 1. The largest absolute Gasteiger partial charge is 0.493 e. The molecule has 0 amide bonds. The Balaban J connectivity index is 1.44. The van der Waals surface area contributed by atoms with E-state index >= 15 is 0 Å². The first kappa shape index (κ1) is 24.9. The number of carbonyl (C=O) groups is 1. The van der Waals surface area contributed by atoms with Gasteiger partial charge in [0.1, 0.15) is 11.9 Å². The summed E-state index contributed by atoms with van der Waals surface area (Å²) in [5, 5.41) is 4.00. The Bertz CT molecular complexity index is 1110. The molecule has 1 saturated carbocycles. The number of carbonyl (C=O) groups excluding carboxylic acids is 1. The molecule has 2 fully saturated rings. The van der Waals surface area contributed by atoms with Crippen molar-refractivity contribution in [2.75, 3.05) is 45.2 Å². The Morgan fingerprint density at radius 2 is 1.94 bits per heavy atom. The number of nitrogens with one attached hydrogen (secondary N) is 1. The van der Waals surface area contributed by atoms with E-state index in [0.717, 1.165) is 51.0 Å². The average Bonchev–Trinajstić information content (AvgIpc) is 3.35. The van der Waals surface area contributed by atoms with Crippen molar-refractivity contribution in [1.82, 2.24) is 9.88 Å². The third-order valence-electron chi connectivity index (χ3n) is 7.20. The highest BCUT2D eigenvalue weighted by atomic mass is 19.4. The fraction of sp³-hybridized carbons (Fsp3) is 0.615. The number of hydrogen-bond donors (Lipinski definition) is 1. The molecule has 5 rings (SSSR count). The van der Waals surface area contributed by atoms with Gasteiger partial charge in [-0.1, -0.05) is 0 Å². The van der Waals surface area contributed by atoms with Crippen LogP contribution in [0.25, 0.3) is 10.9 Å². The predicted molar refractivity (Wildman–Crippen MR) is 129 cm³/mol. The molecule has 196 valence electrons. The lowest BCUT2D eigenvalue weighted by Gasteiger charge is -2.20. The van der Waals surface area contributed by atoms with Crippen molar-refractivity contribution in [2.45, 2.75) is 57.2 Å². The second-order valence-electron chi connectivity index (χ2n) is 9.88. The summed E-state index contributed by atoms with van der Waals surface area (Å²) in [5.41, 5.74) is 1.93. The number of hydrogen-bond acceptors (Lipinski definition) is 7. The standard InChI is InChI=1S/C26H32F3N3O4/c1-34-21-13-18-19(14-22(21)35-12-4-11-32-9-2-3-10-32)31-24(30-15-16-5-6-16)17-7-8-20(23(17)18)36-25(33)26(27,28)29/h13-14,16,20H,2-12,15H2,1H3,(H,30,31). The number of fused-ring (bicyclic) bond motifs is 3. The Kier molecular flexibility index (Phi) is 7.14. The zero-order chi connectivity index (χ0) is 25.3. The highest BCUT2D eigenvalue weighted by molar-refractivity contribution is 5.90. The zero-order valence-electron chi connectivity index (χ0n) is 20.5. The molecule has 7 nitrogen and oxygen atoms in total. The van der Waals surface area contributed by atoms with Crippen LogP contribution in [-0.2, 0) is 16.0 Å². The Morgan fingerprint density at radius 3 is 2.64 bits per heavy atom. The van der Waals surface area contributed by atoms with Crippen LogP contribution in [0.3, 0.4) is 0 Å². The molecule has 1 aliphatic heterocycles. The molecule has 0 spiro atoms. The SMILES string of the molecule is COc1cc2c3c(c(NCC4CC4)nc2cc1OCCCN1CCCC1)CCC3OC(=O)C(F)(F)F. The van der Waals surface area contributed by atoms with Gasteiger partial charge in [0, 0.05) is 35.7 Å². The van der Waals surface area contributed by atoms with E-state index < -0.39 is 18.2 Å². The highest BCUT2D eigenvalue weighted by Crippen LogP contribution is 2.45. The van der Waals surface area contributed by atoms with E-state index in [9.17, 15) is 18.0 Å². The quantitative estimate of drug-likeness (QED) is 0.358. The zero-order valence-corrected chi connectivity index (χ0v) is 20.5. The summed E-state index contributed by atoms with van der Waals surface area (Å²) in [6.07, 6.45) is 0.359. The smallest absolute Gasteiger partial charge is 0.490 e. The monoisotopic (exact) mass is 507 g/mol. The Labute approximate surface area is 208 Å². The van der Waals surface area contributed by atoms with Gasteiger partial charge in [-0.15, -0.1) is 0 Å². The van der Waals surface area contributed by atoms with Crippen LogP contribution < -0.4 is 14.8 Å². The molecular weight excluding hydrogens is 475 g/mol. The number of ether oxygens (including phenoxy) is 3. The van der Waals surface area contributed by atoms with Crippen LogP contribution in [0.5, 0.6) is 11.5 Å². The molecule has 0 bridgehead atoms. The first-order valence-electron chi connectivity index (χ1n) is 12.7. The topological polar surface area (TPSA) is 72.9 Å². The van der Waals surface area contributed by atoms with Gasteiger partial charge in [-0.05, 0) is 70.0 Å². The first-order valence-corrected chi connectivity index (χ1v) is 12.7. The normalized spacial score (nSPS) is 19.9. The van der Waals surface area contributed by atoms with E-state index in [1.165, 1.54) is 20.0 Å². The number of likely N-dealkylation sites (tertiary alicyclic amines) is 1. The number of pyridine rings is 1. The number of halogens is 3. The predicted octanol–water partition coefficient (Wildman–Crippen LogP) is 5.02. The van der Waals surface area contributed by atoms with Crippen LogP contribution in [-0.4, -0.2) is 61.9 Å². The van der Waals surface area contributed by atoms with E-state index in [1.54, 1.807) is 12.1 Å². The van der Waals surface area contributed by atoms with Gasteiger partial charge in [-0.3, -0.25) is 0 Å². The summed E-state index contributed by atoms with van der Waals surface area (Å²) < 4.78 is 55.5. The number of benzene rings is 1. The van der Waals surface area contributed by atoms with Gasteiger partial charge in [-0.25, -0.2) is 9.78 Å². The van der Waals surface area contributed by atoms with Gasteiger partial charge in [0.25, 0.3) is 0 Å². The van der Waals surface area contributed by atoms with E-state index in [1.807, 2.05) is 0 Å². The van der Waals surface area contributed by atoms with Gasteiger partial charge in [0.2, 0.25) is 0 Å². The van der Waals surface area contributed by atoms with Crippen molar-refractivity contribution in [1.29, 1.82) is 0 Å². The van der Waals surface area contributed by atoms with Crippen molar-refractivity contribution in [3.8, 4) is 11.5 Å². The maximum absolute atomic E-state index is 13.0. The summed E-state index contributed by atoms with van der Waals surface area (Å²) >= 11 is 0. The minimum Gasteiger partial charge on any atom is -0.493 e. The molecule has 1 saturated heterocycles. The highest BCUT2D eigenvalue weighted by Gasteiger charge is 2.44. The molecule has 0 radical (unpaired) electrons. The van der Waals surface area contributed by atoms with Crippen molar-refractivity contribution in [3.63, 3.8) is 0 Å². The number of anilines is 1. The lowest BCUT2D eigenvalue weighted by molar-refractivity contribution is -0.205. The molecule has 2 aromatic rings. The van der Waals surface area contributed by atoms with E-state index in [2.05, 4.69) is 10.2 Å². The third kappa shape index (κ3) is 5.48. The van der Waals surface area contributed by atoms with Crippen molar-refractivity contribution >= 4 is 22.7 Å². The lowest BCUT2D eigenvalue weighted by atomic mass is 10.0. The Hall–Kier alpha value is -2.75. The molecule has 1 unspecified atom stereocenters. The molecule has 2 heterocycles. The molecule has 1 atom stereocenters. The minimum atomic E-state index is -5.05. The molecule has 10 heteroatoms. The summed E-state index contributed by atoms with van der Waals surface area (Å²) in [7, 11) is 1.53. The van der Waals surface area contributed by atoms with Gasteiger partial charge in [0.05, 0.1) is 19.2 Å². The molecule has 1 aromatic heterocycles. The van der Waals surface area contributed by atoms with E-state index in [-0.39, 0.29) is 6.42 Å². The van der Waals surface area contributed by atoms with Gasteiger partial charge < -0.3 is 24.4 Å². The van der Waals surface area contributed by atoms with E-state index in [0.29, 0.717) is 52.7 Å². The summed E-state index contributed by atoms with van der Waals surface area (Å²) in [5.74, 6) is 0.0552. The van der Waals surface area contributed by atoms with Crippen LogP contribution >= 0.6 is 0 Å². The van der Waals surface area contributed by atoms with E-state index in [4.69, 9.17) is 19.2 Å². The van der Waals surface area contributed by atoms with Crippen molar-refractivity contribution in [2.24, 2.45) is 5.92 Å². The number of alkyl halides is 3. The minimum absolute atomic E-state index is 0.271. The Morgan fingerprint density at radius 1 is 1.17 bits per heavy atom. The van der Waals surface area contributed by atoms with Gasteiger partial charge >= 0.3 is 12.1 Å². The van der Waals surface area contributed by atoms with Crippen LogP contribution in [0.2, 0.25) is 0 Å². The number of esters is 1. The van der Waals surface area contributed by atoms with Gasteiger partial charge in [0.15, 0.2) is 11.5 Å². The third-order valence-corrected chi connectivity index (χ3v) is 7.20. The summed E-state index contributed by atoms with van der Waals surface area (Å²) in [6, 6.07) is 3.51. The maximum atomic E-state index is 13.0. The molecule has 1 aromatic carbocycles. The second-order valence-corrected chi connectivity index (χ2v) is 9.88. The molecule has 36 heavy (non-hydrogen) atoms. The fourth-order valence-electron chi connectivity index (χ4n) is 5.15.